The van der Waals surface area contributed by atoms with Gasteiger partial charge in [-0.05, 0) is 19.1 Å². The van der Waals surface area contributed by atoms with Gasteiger partial charge in [-0.1, -0.05) is 6.07 Å². The van der Waals surface area contributed by atoms with E-state index >= 15 is 0 Å². The third-order valence-corrected chi connectivity index (χ3v) is 2.12. The van der Waals surface area contributed by atoms with Crippen LogP contribution in [0.2, 0.25) is 0 Å². The number of nitrogens with zero attached hydrogens (tertiary/aromatic N) is 2. The smallest absolute Gasteiger partial charge is 0.340 e. The van der Waals surface area contributed by atoms with Crippen molar-refractivity contribution in [3.05, 3.63) is 23.8 Å². The second-order valence-electron chi connectivity index (χ2n) is 3.79. The maximum absolute atomic E-state index is 11.7. The minimum absolute atomic E-state index is 0.390. The molecule has 1 aromatic carbocycles. The molecule has 0 atom stereocenters. The molecule has 0 N–H and O–H groups in total. The van der Waals surface area contributed by atoms with Gasteiger partial charge in [0.05, 0.1) is 25.6 Å². The van der Waals surface area contributed by atoms with Crippen molar-refractivity contribution in [1.29, 1.82) is 0 Å². The molecule has 18 heavy (non-hydrogen) atoms. The summed E-state index contributed by atoms with van der Waals surface area (Å²) in [6, 6.07) is 5.18. The van der Waals surface area contributed by atoms with Crippen LogP contribution in [0.5, 0.6) is 5.75 Å². The van der Waals surface area contributed by atoms with Crippen molar-refractivity contribution < 1.29 is 14.3 Å². The Hall–Kier alpha value is -2.04. The van der Waals surface area contributed by atoms with Gasteiger partial charge in [0.2, 0.25) is 0 Å². The number of benzene rings is 1. The Kier molecular flexibility index (Phi) is 5.17. The summed E-state index contributed by atoms with van der Waals surface area (Å²) in [6.45, 7) is 2.39. The van der Waals surface area contributed by atoms with Crippen LogP contribution in [0.25, 0.3) is 0 Å². The normalized spacial score (nSPS) is 10.4. The first-order chi connectivity index (χ1) is 8.60. The number of aliphatic imine (C=N–C) groups is 1. The van der Waals surface area contributed by atoms with Gasteiger partial charge < -0.3 is 14.4 Å². The number of para-hydroxylation sites is 1. The second kappa shape index (κ2) is 6.64. The fourth-order valence-electron chi connectivity index (χ4n) is 1.38. The molecule has 0 fully saturated rings. The van der Waals surface area contributed by atoms with Gasteiger partial charge in [0.1, 0.15) is 11.4 Å². The number of carbonyl (C=O) groups excluding carboxylic acids is 1. The molecule has 0 aliphatic carbocycles. The average Bonchev–Trinajstić information content (AvgIpc) is 2.36. The van der Waals surface area contributed by atoms with E-state index in [9.17, 15) is 4.79 Å². The first-order valence-corrected chi connectivity index (χ1v) is 5.64. The molecule has 0 aliphatic heterocycles. The maximum Gasteiger partial charge on any atom is 0.340 e. The van der Waals surface area contributed by atoms with Crippen molar-refractivity contribution in [2.45, 2.75) is 6.92 Å². The molecule has 0 radical (unpaired) electrons. The SMILES string of the molecule is CCOc1cccc(C(=O)OC)c1/N=C/N(C)C. The predicted octanol–water partition coefficient (Wildman–Crippen LogP) is 2.09. The number of ether oxygens (including phenoxy) is 2. The fourth-order valence-corrected chi connectivity index (χ4v) is 1.38. The van der Waals surface area contributed by atoms with Gasteiger partial charge in [-0.3, -0.25) is 0 Å². The molecule has 98 valence electrons. The van der Waals surface area contributed by atoms with Crippen molar-refractivity contribution >= 4 is 18.0 Å². The number of esters is 1. The lowest BCUT2D eigenvalue weighted by molar-refractivity contribution is 0.0601. The second-order valence-corrected chi connectivity index (χ2v) is 3.79. The van der Waals surface area contributed by atoms with Gasteiger partial charge in [0.25, 0.3) is 0 Å². The van der Waals surface area contributed by atoms with Gasteiger partial charge in [-0.15, -0.1) is 0 Å². The standard InChI is InChI=1S/C13H18N2O3/c1-5-18-11-8-6-7-10(13(16)17-4)12(11)14-9-15(2)3/h6-9H,5H2,1-4H3/b14-9+. The number of methoxy groups -OCH3 is 1. The van der Waals surface area contributed by atoms with E-state index < -0.39 is 5.97 Å². The van der Waals surface area contributed by atoms with E-state index in [0.29, 0.717) is 23.6 Å². The highest BCUT2D eigenvalue weighted by Crippen LogP contribution is 2.31. The zero-order chi connectivity index (χ0) is 13.5. The Balaban J connectivity index is 3.24. The van der Waals surface area contributed by atoms with Crippen LogP contribution in [0.15, 0.2) is 23.2 Å². The van der Waals surface area contributed by atoms with Crippen LogP contribution in [-0.4, -0.2) is 45.0 Å². The summed E-state index contributed by atoms with van der Waals surface area (Å²) >= 11 is 0. The van der Waals surface area contributed by atoms with E-state index in [4.69, 9.17) is 9.47 Å². The molecular weight excluding hydrogens is 232 g/mol. The molecule has 1 rings (SSSR count). The van der Waals surface area contributed by atoms with Crippen LogP contribution in [0.1, 0.15) is 17.3 Å². The highest BCUT2D eigenvalue weighted by molar-refractivity contribution is 5.97. The van der Waals surface area contributed by atoms with Gasteiger partial charge >= 0.3 is 5.97 Å². The van der Waals surface area contributed by atoms with Gasteiger partial charge in [-0.2, -0.15) is 0 Å². The van der Waals surface area contributed by atoms with E-state index in [-0.39, 0.29) is 0 Å². The average molecular weight is 250 g/mol. The summed E-state index contributed by atoms with van der Waals surface area (Å²) in [4.78, 5) is 17.7. The molecule has 0 amide bonds. The summed E-state index contributed by atoms with van der Waals surface area (Å²) in [5, 5.41) is 0. The van der Waals surface area contributed by atoms with Crippen molar-refractivity contribution in [1.82, 2.24) is 4.90 Å². The van der Waals surface area contributed by atoms with Gasteiger partial charge in [-0.25, -0.2) is 9.79 Å². The molecule has 1 aromatic rings. The molecule has 0 unspecified atom stereocenters. The lowest BCUT2D eigenvalue weighted by Gasteiger charge is -2.11. The van der Waals surface area contributed by atoms with Crippen molar-refractivity contribution in [2.24, 2.45) is 4.99 Å². The number of hydrogen-bond donors (Lipinski definition) is 0. The molecule has 0 aromatic heterocycles. The Bertz CT molecular complexity index is 442. The molecule has 0 heterocycles. The first-order valence-electron chi connectivity index (χ1n) is 5.64. The zero-order valence-electron chi connectivity index (χ0n) is 11.1. The third kappa shape index (κ3) is 3.48. The van der Waals surface area contributed by atoms with Crippen molar-refractivity contribution in [3.63, 3.8) is 0 Å². The van der Waals surface area contributed by atoms with Crippen LogP contribution in [0.3, 0.4) is 0 Å². The zero-order valence-corrected chi connectivity index (χ0v) is 11.1. The summed E-state index contributed by atoms with van der Waals surface area (Å²) in [6.07, 6.45) is 1.62. The molecule has 0 spiro atoms. The number of rotatable bonds is 5. The van der Waals surface area contributed by atoms with E-state index in [0.717, 1.165) is 0 Å². The summed E-state index contributed by atoms with van der Waals surface area (Å²) in [5.74, 6) is 0.140. The lowest BCUT2D eigenvalue weighted by atomic mass is 10.1. The molecule has 5 heteroatoms. The van der Waals surface area contributed by atoms with Gasteiger partial charge in [0.15, 0.2) is 0 Å². The van der Waals surface area contributed by atoms with Crippen LogP contribution in [0, 0.1) is 0 Å². The molecule has 0 saturated carbocycles. The van der Waals surface area contributed by atoms with Crippen LogP contribution in [0.4, 0.5) is 5.69 Å². The quantitative estimate of drug-likeness (QED) is 0.456. The number of hydrogen-bond acceptors (Lipinski definition) is 4. The highest BCUT2D eigenvalue weighted by Gasteiger charge is 2.15. The van der Waals surface area contributed by atoms with Crippen LogP contribution >= 0.6 is 0 Å². The third-order valence-electron chi connectivity index (χ3n) is 2.12. The molecular formula is C13H18N2O3. The topological polar surface area (TPSA) is 51.1 Å². The van der Waals surface area contributed by atoms with E-state index in [1.807, 2.05) is 21.0 Å². The summed E-state index contributed by atoms with van der Waals surface area (Å²) < 4.78 is 10.2. The lowest BCUT2D eigenvalue weighted by Crippen LogP contribution is -2.08. The van der Waals surface area contributed by atoms with Crippen molar-refractivity contribution in [3.8, 4) is 5.75 Å². The van der Waals surface area contributed by atoms with Crippen molar-refractivity contribution in [2.75, 3.05) is 27.8 Å². The highest BCUT2D eigenvalue weighted by atomic mass is 16.5. The first kappa shape index (κ1) is 14.0. The number of carbonyl (C=O) groups is 1. The van der Waals surface area contributed by atoms with E-state index in [1.54, 1.807) is 29.4 Å². The minimum Gasteiger partial charge on any atom is -0.492 e. The van der Waals surface area contributed by atoms with E-state index in [1.165, 1.54) is 7.11 Å². The Morgan fingerprint density at radius 3 is 2.72 bits per heavy atom. The molecule has 0 bridgehead atoms. The summed E-state index contributed by atoms with van der Waals surface area (Å²) in [5.41, 5.74) is 0.876. The van der Waals surface area contributed by atoms with Gasteiger partial charge in [0, 0.05) is 14.1 Å². The fraction of sp³-hybridized carbons (Fsp3) is 0.385. The molecule has 0 saturated heterocycles. The largest absolute Gasteiger partial charge is 0.492 e. The van der Waals surface area contributed by atoms with Crippen LogP contribution in [-0.2, 0) is 4.74 Å². The van der Waals surface area contributed by atoms with Crippen LogP contribution < -0.4 is 4.74 Å². The monoisotopic (exact) mass is 250 g/mol. The Morgan fingerprint density at radius 1 is 1.44 bits per heavy atom. The minimum atomic E-state index is -0.428. The predicted molar refractivity (Wildman–Crippen MR) is 70.8 cm³/mol. The summed E-state index contributed by atoms with van der Waals surface area (Å²) in [7, 11) is 5.05. The maximum atomic E-state index is 11.7. The molecule has 0 aliphatic rings. The Labute approximate surface area is 107 Å². The van der Waals surface area contributed by atoms with E-state index in [2.05, 4.69) is 4.99 Å². The Morgan fingerprint density at radius 2 is 2.17 bits per heavy atom. The molecule has 5 nitrogen and oxygen atoms in total.